The summed E-state index contributed by atoms with van der Waals surface area (Å²) in [6.07, 6.45) is 8.56. The van der Waals surface area contributed by atoms with E-state index >= 15 is 0 Å². The molecule has 0 saturated heterocycles. The summed E-state index contributed by atoms with van der Waals surface area (Å²) in [5.74, 6) is -2.89. The van der Waals surface area contributed by atoms with Gasteiger partial charge in [-0.1, -0.05) is 48.6 Å². The number of rotatable bonds is 4. The summed E-state index contributed by atoms with van der Waals surface area (Å²) >= 11 is 0. The Hall–Kier alpha value is -2.00. The van der Waals surface area contributed by atoms with Crippen molar-refractivity contribution in [1.29, 1.82) is 0 Å². The van der Waals surface area contributed by atoms with Crippen molar-refractivity contribution >= 4 is 5.57 Å². The van der Waals surface area contributed by atoms with E-state index in [0.717, 1.165) is 28.3 Å². The van der Waals surface area contributed by atoms with Gasteiger partial charge in [0.2, 0.25) is 0 Å². The van der Waals surface area contributed by atoms with E-state index in [-0.39, 0.29) is 12.2 Å². The molecule has 0 heterocycles. The third kappa shape index (κ3) is 4.26. The lowest BCUT2D eigenvalue weighted by molar-refractivity contribution is 0.0930. The highest BCUT2D eigenvalue weighted by Crippen LogP contribution is 2.33. The number of aliphatic hydroxyl groups is 1. The van der Waals surface area contributed by atoms with E-state index < -0.39 is 5.92 Å². The summed E-state index contributed by atoms with van der Waals surface area (Å²) in [7, 11) is 0. The van der Waals surface area contributed by atoms with Gasteiger partial charge in [0.25, 0.3) is 5.92 Å². The van der Waals surface area contributed by atoms with Crippen LogP contribution in [0.3, 0.4) is 0 Å². The Kier molecular flexibility index (Phi) is 5.67. The van der Waals surface area contributed by atoms with Gasteiger partial charge >= 0.3 is 0 Å². The minimum Gasteiger partial charge on any atom is -0.392 e. The van der Waals surface area contributed by atoms with Crippen molar-refractivity contribution in [3.63, 3.8) is 0 Å². The second-order valence-electron chi connectivity index (χ2n) is 5.68. The summed E-state index contributed by atoms with van der Waals surface area (Å²) in [6, 6.07) is 7.66. The Labute approximate surface area is 136 Å². The third-order valence-corrected chi connectivity index (χ3v) is 3.97. The zero-order valence-corrected chi connectivity index (χ0v) is 13.5. The normalized spacial score (nSPS) is 23.3. The Morgan fingerprint density at radius 1 is 1.17 bits per heavy atom. The number of aliphatic hydroxyl groups excluding tert-OH is 1. The van der Waals surface area contributed by atoms with Crippen molar-refractivity contribution in [2.24, 2.45) is 0 Å². The lowest BCUT2D eigenvalue weighted by Crippen LogP contribution is -2.16. The Balaban J connectivity index is 2.31. The average Bonchev–Trinajstić information content (AvgIpc) is 2.51. The highest BCUT2D eigenvalue weighted by molar-refractivity contribution is 5.79. The smallest absolute Gasteiger partial charge is 0.288 e. The fourth-order valence-electron chi connectivity index (χ4n) is 2.66. The van der Waals surface area contributed by atoms with Gasteiger partial charge in [-0.15, -0.1) is 0 Å². The van der Waals surface area contributed by atoms with Gasteiger partial charge in [0, 0.05) is 5.57 Å². The topological polar surface area (TPSA) is 20.2 Å². The van der Waals surface area contributed by atoms with Gasteiger partial charge in [0.15, 0.2) is 0 Å². The number of hydrogen-bond acceptors (Lipinski definition) is 1. The Bertz CT molecular complexity index is 661. The molecule has 0 radical (unpaired) electrons. The highest BCUT2D eigenvalue weighted by Gasteiger charge is 2.29. The molecule has 1 nitrogen and oxygen atoms in total. The number of alkyl halides is 2. The quantitative estimate of drug-likeness (QED) is 0.733. The van der Waals surface area contributed by atoms with Gasteiger partial charge in [0.05, 0.1) is 6.61 Å². The molecule has 1 aliphatic rings. The largest absolute Gasteiger partial charge is 0.392 e. The van der Waals surface area contributed by atoms with E-state index in [1.165, 1.54) is 6.08 Å². The number of hydrogen-bond donors (Lipinski definition) is 1. The van der Waals surface area contributed by atoms with Gasteiger partial charge in [-0.05, 0) is 55.0 Å². The van der Waals surface area contributed by atoms with Crippen LogP contribution in [0.2, 0.25) is 0 Å². The molecular formula is C20H22F2O. The molecule has 2 rings (SSSR count). The molecule has 0 saturated carbocycles. The summed E-state index contributed by atoms with van der Waals surface area (Å²) in [6.45, 7) is 3.55. The summed E-state index contributed by atoms with van der Waals surface area (Å²) < 4.78 is 28.0. The zero-order valence-electron chi connectivity index (χ0n) is 13.5. The lowest BCUT2D eigenvalue weighted by Gasteiger charge is -2.18. The Morgan fingerprint density at radius 2 is 1.87 bits per heavy atom. The van der Waals surface area contributed by atoms with Crippen LogP contribution in [0.25, 0.3) is 5.57 Å². The second-order valence-corrected chi connectivity index (χ2v) is 5.68. The molecule has 0 spiro atoms. The fraction of sp³-hybridized carbons (Fsp3) is 0.300. The molecule has 0 fully saturated rings. The van der Waals surface area contributed by atoms with E-state index in [9.17, 15) is 8.78 Å². The molecular weight excluding hydrogens is 294 g/mol. The highest BCUT2D eigenvalue weighted by atomic mass is 19.3. The maximum Gasteiger partial charge on any atom is 0.288 e. The molecule has 1 N–H and O–H groups in total. The van der Waals surface area contributed by atoms with Crippen LogP contribution in [0.1, 0.15) is 37.8 Å². The van der Waals surface area contributed by atoms with Crippen molar-refractivity contribution < 1.29 is 13.9 Å². The van der Waals surface area contributed by atoms with E-state index in [0.29, 0.717) is 12.8 Å². The van der Waals surface area contributed by atoms with Crippen molar-refractivity contribution in [2.45, 2.75) is 39.2 Å². The molecule has 0 unspecified atom stereocenters. The van der Waals surface area contributed by atoms with Crippen LogP contribution >= 0.6 is 0 Å². The maximum absolute atomic E-state index is 14.0. The van der Waals surface area contributed by atoms with Gasteiger partial charge < -0.3 is 5.11 Å². The van der Waals surface area contributed by atoms with E-state index in [4.69, 9.17) is 5.11 Å². The molecule has 0 aromatic heterocycles. The SMILES string of the molecule is C/C=C/C(F)(F)/C1=C/C=C(C)\C(c2ccc(CO)cc2)=C/CC1. The fourth-order valence-corrected chi connectivity index (χ4v) is 2.66. The molecule has 1 aromatic rings. The minimum absolute atomic E-state index is 0.0142. The van der Waals surface area contributed by atoms with Crippen LogP contribution in [0, 0.1) is 0 Å². The van der Waals surface area contributed by atoms with Gasteiger partial charge in [0.1, 0.15) is 0 Å². The van der Waals surface area contributed by atoms with Crippen molar-refractivity contribution in [1.82, 2.24) is 0 Å². The second kappa shape index (κ2) is 7.51. The van der Waals surface area contributed by atoms with E-state index in [1.807, 2.05) is 37.3 Å². The minimum atomic E-state index is -2.89. The summed E-state index contributed by atoms with van der Waals surface area (Å²) in [5, 5.41) is 9.11. The molecule has 0 atom stereocenters. The van der Waals surface area contributed by atoms with Crippen LogP contribution in [-0.4, -0.2) is 11.0 Å². The monoisotopic (exact) mass is 316 g/mol. The zero-order chi connectivity index (χ0) is 16.9. The first-order valence-corrected chi connectivity index (χ1v) is 7.78. The molecule has 0 amide bonds. The Morgan fingerprint density at radius 3 is 2.48 bits per heavy atom. The molecule has 23 heavy (non-hydrogen) atoms. The van der Waals surface area contributed by atoms with Crippen LogP contribution in [0.15, 0.2) is 65.8 Å². The van der Waals surface area contributed by atoms with E-state index in [1.54, 1.807) is 19.1 Å². The van der Waals surface area contributed by atoms with Gasteiger partial charge in [-0.25, -0.2) is 0 Å². The number of halogens is 2. The summed E-state index contributed by atoms with van der Waals surface area (Å²) in [5.41, 5.74) is 4.04. The average molecular weight is 316 g/mol. The predicted molar refractivity (Wildman–Crippen MR) is 91.2 cm³/mol. The van der Waals surface area contributed by atoms with E-state index in [2.05, 4.69) is 0 Å². The van der Waals surface area contributed by atoms with Crippen molar-refractivity contribution in [2.75, 3.05) is 0 Å². The first-order chi connectivity index (χ1) is 11.0. The van der Waals surface area contributed by atoms with Crippen molar-refractivity contribution in [3.8, 4) is 0 Å². The van der Waals surface area contributed by atoms with Crippen LogP contribution in [0.5, 0.6) is 0 Å². The first-order valence-electron chi connectivity index (χ1n) is 7.78. The lowest BCUT2D eigenvalue weighted by atomic mass is 9.92. The molecule has 122 valence electrons. The van der Waals surface area contributed by atoms with Crippen LogP contribution < -0.4 is 0 Å². The third-order valence-electron chi connectivity index (χ3n) is 3.97. The molecule has 0 bridgehead atoms. The van der Waals surface area contributed by atoms with Gasteiger partial charge in [-0.2, -0.15) is 8.78 Å². The van der Waals surface area contributed by atoms with Gasteiger partial charge in [-0.3, -0.25) is 0 Å². The first kappa shape index (κ1) is 17.4. The summed E-state index contributed by atoms with van der Waals surface area (Å²) in [4.78, 5) is 0. The van der Waals surface area contributed by atoms with Crippen molar-refractivity contribution in [3.05, 3.63) is 76.9 Å². The number of allylic oxidation sites excluding steroid dienone is 8. The standard InChI is InChI=1S/C20H22F2O/c1-3-13-20(21,22)18-5-4-6-19(15(2)7-12-18)17-10-8-16(14-23)9-11-17/h3,6-13,23H,4-5,14H2,1-2H3/b13-3+,15-7-,18-12+,19-6+. The molecule has 1 aliphatic carbocycles. The maximum atomic E-state index is 14.0. The molecule has 3 heteroatoms. The molecule has 0 aliphatic heterocycles. The van der Waals surface area contributed by atoms with Crippen LogP contribution in [0.4, 0.5) is 8.78 Å². The van der Waals surface area contributed by atoms with Crippen LogP contribution in [-0.2, 0) is 6.61 Å². The number of benzene rings is 1. The molecule has 1 aromatic carbocycles. The predicted octanol–water partition coefficient (Wildman–Crippen LogP) is 5.44.